The van der Waals surface area contributed by atoms with E-state index in [1.807, 2.05) is 24.7 Å². The van der Waals surface area contributed by atoms with Crippen molar-refractivity contribution in [2.75, 3.05) is 19.6 Å². The van der Waals surface area contributed by atoms with Gasteiger partial charge in [-0.1, -0.05) is 6.92 Å². The quantitative estimate of drug-likeness (QED) is 0.942. The predicted octanol–water partition coefficient (Wildman–Crippen LogP) is 2.55. The summed E-state index contributed by atoms with van der Waals surface area (Å²) in [5.41, 5.74) is 0.987. The van der Waals surface area contributed by atoms with Gasteiger partial charge >= 0.3 is 0 Å². The maximum atomic E-state index is 12.5. The average molecular weight is 320 g/mol. The van der Waals surface area contributed by atoms with E-state index in [2.05, 4.69) is 22.2 Å². The van der Waals surface area contributed by atoms with Gasteiger partial charge in [-0.3, -0.25) is 9.48 Å². The first-order chi connectivity index (χ1) is 10.6. The van der Waals surface area contributed by atoms with Crippen molar-refractivity contribution < 1.29 is 4.79 Å². The van der Waals surface area contributed by atoms with Gasteiger partial charge in [-0.2, -0.15) is 5.10 Å². The van der Waals surface area contributed by atoms with Crippen LogP contribution in [-0.2, 0) is 7.05 Å². The van der Waals surface area contributed by atoms with Crippen molar-refractivity contribution >= 4 is 27.5 Å². The predicted molar refractivity (Wildman–Crippen MR) is 90.5 cm³/mol. The summed E-state index contributed by atoms with van der Waals surface area (Å²) in [6.45, 7) is 7.55. The molecule has 2 aromatic heterocycles. The molecule has 0 saturated carbocycles. The molecule has 0 unspecified atom stereocenters. The summed E-state index contributed by atoms with van der Waals surface area (Å²) < 4.78 is 1.86. The number of aromatic nitrogens is 2. The van der Waals surface area contributed by atoms with Crippen molar-refractivity contribution in [3.63, 3.8) is 0 Å². The highest BCUT2D eigenvalue weighted by Crippen LogP contribution is 2.27. The van der Waals surface area contributed by atoms with Gasteiger partial charge in [-0.25, -0.2) is 0 Å². The highest BCUT2D eigenvalue weighted by molar-refractivity contribution is 7.20. The Morgan fingerprint density at radius 3 is 2.82 bits per heavy atom. The first kappa shape index (κ1) is 15.5. The number of nitrogens with one attached hydrogen (secondary N) is 1. The third-order valence-electron chi connectivity index (χ3n) is 4.38. The summed E-state index contributed by atoms with van der Waals surface area (Å²) in [6, 6.07) is 2.29. The number of amides is 1. The van der Waals surface area contributed by atoms with E-state index in [1.165, 1.54) is 24.3 Å². The van der Waals surface area contributed by atoms with Crippen molar-refractivity contribution in [2.45, 2.75) is 39.2 Å². The van der Waals surface area contributed by atoms with E-state index in [1.54, 1.807) is 0 Å². The molecule has 2 aromatic rings. The zero-order valence-electron chi connectivity index (χ0n) is 13.6. The Balaban J connectivity index is 1.63. The number of aryl methyl sites for hydroxylation is 2. The van der Waals surface area contributed by atoms with Gasteiger partial charge in [-0.15, -0.1) is 11.3 Å². The molecule has 22 heavy (non-hydrogen) atoms. The Labute approximate surface area is 135 Å². The van der Waals surface area contributed by atoms with Crippen molar-refractivity contribution in [1.29, 1.82) is 0 Å². The Morgan fingerprint density at radius 1 is 1.45 bits per heavy atom. The zero-order chi connectivity index (χ0) is 15.7. The van der Waals surface area contributed by atoms with E-state index in [0.29, 0.717) is 6.04 Å². The van der Waals surface area contributed by atoms with E-state index >= 15 is 0 Å². The molecule has 1 aliphatic rings. The summed E-state index contributed by atoms with van der Waals surface area (Å²) in [7, 11) is 1.93. The molecule has 0 aliphatic carbocycles. The Morgan fingerprint density at radius 2 is 2.18 bits per heavy atom. The molecule has 0 aromatic carbocycles. The molecule has 0 bridgehead atoms. The van der Waals surface area contributed by atoms with E-state index in [0.717, 1.165) is 46.7 Å². The second-order valence-electron chi connectivity index (χ2n) is 6.13. The van der Waals surface area contributed by atoms with Gasteiger partial charge < -0.3 is 10.2 Å². The van der Waals surface area contributed by atoms with Gasteiger partial charge in [0, 0.05) is 31.6 Å². The molecular formula is C16H24N4OS. The van der Waals surface area contributed by atoms with E-state index < -0.39 is 0 Å². The van der Waals surface area contributed by atoms with Crippen molar-refractivity contribution in [2.24, 2.45) is 7.05 Å². The molecule has 1 fully saturated rings. The van der Waals surface area contributed by atoms with Gasteiger partial charge in [0.25, 0.3) is 5.91 Å². The normalized spacial score (nSPS) is 17.2. The van der Waals surface area contributed by atoms with Crippen LogP contribution in [0.25, 0.3) is 10.2 Å². The van der Waals surface area contributed by atoms with Crippen molar-refractivity contribution in [3.05, 3.63) is 16.6 Å². The number of rotatable bonds is 4. The van der Waals surface area contributed by atoms with Gasteiger partial charge in [0.05, 0.1) is 10.6 Å². The molecule has 1 amide bonds. The largest absolute Gasteiger partial charge is 0.349 e. The molecule has 3 rings (SSSR count). The minimum Gasteiger partial charge on any atom is -0.349 e. The topological polar surface area (TPSA) is 50.2 Å². The molecule has 5 nitrogen and oxygen atoms in total. The van der Waals surface area contributed by atoms with Crippen LogP contribution < -0.4 is 5.32 Å². The second-order valence-corrected chi connectivity index (χ2v) is 7.16. The number of hydrogen-bond donors (Lipinski definition) is 1. The molecule has 120 valence electrons. The van der Waals surface area contributed by atoms with Crippen LogP contribution in [0.4, 0.5) is 0 Å². The first-order valence-electron chi connectivity index (χ1n) is 8.05. The summed E-state index contributed by atoms with van der Waals surface area (Å²) in [5, 5.41) is 8.68. The van der Waals surface area contributed by atoms with E-state index in [9.17, 15) is 4.79 Å². The van der Waals surface area contributed by atoms with Crippen LogP contribution in [-0.4, -0.2) is 46.3 Å². The minimum absolute atomic E-state index is 0.0644. The molecule has 1 aliphatic heterocycles. The maximum absolute atomic E-state index is 12.5. The Bertz CT molecular complexity index is 633. The van der Waals surface area contributed by atoms with Crippen LogP contribution >= 0.6 is 11.3 Å². The number of carbonyl (C=O) groups is 1. The summed E-state index contributed by atoms with van der Waals surface area (Å²) >= 11 is 1.53. The maximum Gasteiger partial charge on any atom is 0.261 e. The summed E-state index contributed by atoms with van der Waals surface area (Å²) in [6.07, 6.45) is 3.31. The van der Waals surface area contributed by atoms with Crippen LogP contribution in [0.1, 0.15) is 41.6 Å². The fraction of sp³-hybridized carbons (Fsp3) is 0.625. The summed E-state index contributed by atoms with van der Waals surface area (Å²) in [4.78, 5) is 16.8. The van der Waals surface area contributed by atoms with Crippen LogP contribution in [0, 0.1) is 6.92 Å². The molecule has 6 heteroatoms. The second kappa shape index (κ2) is 6.38. The molecular weight excluding hydrogens is 296 g/mol. The van der Waals surface area contributed by atoms with Crippen LogP contribution in [0.15, 0.2) is 6.07 Å². The molecule has 3 heterocycles. The molecule has 1 N–H and O–H groups in total. The smallest absolute Gasteiger partial charge is 0.261 e. The van der Waals surface area contributed by atoms with Gasteiger partial charge in [0.2, 0.25) is 0 Å². The lowest BCUT2D eigenvalue weighted by molar-refractivity contribution is 0.0915. The fourth-order valence-electron chi connectivity index (χ4n) is 3.19. The van der Waals surface area contributed by atoms with Gasteiger partial charge in [-0.05, 0) is 38.8 Å². The highest BCUT2D eigenvalue weighted by Gasteiger charge is 2.22. The van der Waals surface area contributed by atoms with Gasteiger partial charge in [0.15, 0.2) is 0 Å². The van der Waals surface area contributed by atoms with Gasteiger partial charge in [0.1, 0.15) is 4.83 Å². The number of hydrogen-bond acceptors (Lipinski definition) is 4. The lowest BCUT2D eigenvalue weighted by Gasteiger charge is -2.31. The fourth-order valence-corrected chi connectivity index (χ4v) is 4.22. The Hall–Kier alpha value is -1.40. The number of carbonyl (C=O) groups excluding carboxylic acids is 1. The van der Waals surface area contributed by atoms with Crippen LogP contribution in [0.3, 0.4) is 0 Å². The Kier molecular flexibility index (Phi) is 4.49. The van der Waals surface area contributed by atoms with Crippen LogP contribution in [0.2, 0.25) is 0 Å². The number of fused-ring (bicyclic) bond motifs is 1. The number of nitrogens with zero attached hydrogens (tertiary/aromatic N) is 3. The van der Waals surface area contributed by atoms with Crippen molar-refractivity contribution in [3.8, 4) is 0 Å². The van der Waals surface area contributed by atoms with E-state index in [-0.39, 0.29) is 5.91 Å². The highest BCUT2D eigenvalue weighted by atomic mass is 32.1. The summed E-state index contributed by atoms with van der Waals surface area (Å²) in [5.74, 6) is 0.0644. The lowest BCUT2D eigenvalue weighted by atomic mass is 10.0. The average Bonchev–Trinajstić information content (AvgIpc) is 3.04. The number of thiophene rings is 1. The minimum atomic E-state index is 0.0644. The third-order valence-corrected chi connectivity index (χ3v) is 5.58. The molecule has 1 saturated heterocycles. The van der Waals surface area contributed by atoms with Crippen molar-refractivity contribution in [1.82, 2.24) is 20.0 Å². The number of piperidine rings is 1. The monoisotopic (exact) mass is 320 g/mol. The zero-order valence-corrected chi connectivity index (χ0v) is 14.4. The first-order valence-corrected chi connectivity index (χ1v) is 8.86. The third kappa shape index (κ3) is 3.03. The molecule has 0 radical (unpaired) electrons. The van der Waals surface area contributed by atoms with E-state index in [4.69, 9.17) is 0 Å². The standard InChI is InChI=1S/C16H24N4OS/c1-4-7-20-8-5-12(6-9-20)17-15(21)14-10-13-11(2)18-19(3)16(13)22-14/h10,12H,4-9H2,1-3H3,(H,17,21). The number of likely N-dealkylation sites (tertiary alicyclic amines) is 1. The molecule has 0 atom stereocenters. The lowest BCUT2D eigenvalue weighted by Crippen LogP contribution is -2.44. The SMILES string of the molecule is CCCN1CCC(NC(=O)c2cc3c(C)nn(C)c3s2)CC1. The molecule has 0 spiro atoms. The van der Waals surface area contributed by atoms with Crippen LogP contribution in [0.5, 0.6) is 0 Å².